The van der Waals surface area contributed by atoms with Gasteiger partial charge in [-0.05, 0) is 0 Å². The molecule has 4 nitrogen and oxygen atoms in total. The van der Waals surface area contributed by atoms with Crippen molar-refractivity contribution < 1.29 is 0 Å². The molecule has 2 aromatic heterocycles. The maximum absolute atomic E-state index is 4.95. The van der Waals surface area contributed by atoms with Crippen LogP contribution in [0.5, 0.6) is 0 Å². The van der Waals surface area contributed by atoms with Crippen LogP contribution in [-0.4, -0.2) is 20.2 Å². The molecule has 0 saturated heterocycles. The van der Waals surface area contributed by atoms with Gasteiger partial charge in [-0.15, -0.1) is 0 Å². The van der Waals surface area contributed by atoms with Gasteiger partial charge in [-0.1, -0.05) is 12.2 Å². The Morgan fingerprint density at radius 3 is 3.00 bits per heavy atom. The van der Waals surface area contributed by atoms with E-state index in [-0.39, 0.29) is 0 Å². The number of aromatic amines is 1. The summed E-state index contributed by atoms with van der Waals surface area (Å²) >= 11 is 4.95. The Kier molecular flexibility index (Phi) is 1.36. The standard InChI is InChI=1S/C6H4N4S/c11-6-5-4(3-9-10-5)7-1-2-8-6/h1-3H,(H,9,10). The minimum atomic E-state index is 0.495. The van der Waals surface area contributed by atoms with Crippen molar-refractivity contribution in [3.05, 3.63) is 23.2 Å². The summed E-state index contributed by atoms with van der Waals surface area (Å²) in [5.74, 6) is 0. The van der Waals surface area contributed by atoms with E-state index in [1.54, 1.807) is 18.6 Å². The van der Waals surface area contributed by atoms with E-state index in [1.165, 1.54) is 0 Å². The maximum atomic E-state index is 4.95. The summed E-state index contributed by atoms with van der Waals surface area (Å²) in [6.45, 7) is 0. The van der Waals surface area contributed by atoms with E-state index >= 15 is 0 Å². The molecule has 11 heavy (non-hydrogen) atoms. The van der Waals surface area contributed by atoms with Gasteiger partial charge in [0.2, 0.25) is 0 Å². The molecule has 2 heterocycles. The first-order valence-corrected chi connectivity index (χ1v) is 3.43. The Bertz CT molecular complexity index is 436. The van der Waals surface area contributed by atoms with Gasteiger partial charge >= 0.3 is 0 Å². The Morgan fingerprint density at radius 2 is 2.09 bits per heavy atom. The van der Waals surface area contributed by atoms with E-state index in [9.17, 15) is 0 Å². The molecule has 0 unspecified atom stereocenters. The molecule has 0 aromatic carbocycles. The summed E-state index contributed by atoms with van der Waals surface area (Å²) in [5.41, 5.74) is 1.46. The fourth-order valence-corrected chi connectivity index (χ4v) is 1.03. The lowest BCUT2D eigenvalue weighted by Crippen LogP contribution is -1.68. The lowest BCUT2D eigenvalue weighted by atomic mass is 10.5. The smallest absolute Gasteiger partial charge is 0.153 e. The van der Waals surface area contributed by atoms with E-state index in [4.69, 9.17) is 12.2 Å². The third-order valence-electron chi connectivity index (χ3n) is 1.31. The zero-order chi connectivity index (χ0) is 7.68. The summed E-state index contributed by atoms with van der Waals surface area (Å²) in [4.78, 5) is 7.96. The number of nitrogens with zero attached hydrogens (tertiary/aromatic N) is 3. The molecule has 0 aliphatic heterocycles. The average molecular weight is 164 g/mol. The number of fused-ring (bicyclic) bond motifs is 1. The number of aromatic nitrogens is 4. The van der Waals surface area contributed by atoms with Crippen molar-refractivity contribution in [2.75, 3.05) is 0 Å². The van der Waals surface area contributed by atoms with Gasteiger partial charge in [-0.3, -0.25) is 10.1 Å². The highest BCUT2D eigenvalue weighted by molar-refractivity contribution is 7.71. The molecule has 0 aliphatic carbocycles. The van der Waals surface area contributed by atoms with Crippen LogP contribution in [0, 0.1) is 4.64 Å². The first-order chi connectivity index (χ1) is 5.38. The van der Waals surface area contributed by atoms with Gasteiger partial charge in [0.1, 0.15) is 11.0 Å². The first-order valence-electron chi connectivity index (χ1n) is 3.02. The van der Waals surface area contributed by atoms with E-state index in [1.807, 2.05) is 0 Å². The van der Waals surface area contributed by atoms with Gasteiger partial charge in [0.15, 0.2) is 4.64 Å². The Hall–Kier alpha value is -1.36. The Labute approximate surface area is 67.3 Å². The predicted molar refractivity (Wildman–Crippen MR) is 42.5 cm³/mol. The van der Waals surface area contributed by atoms with E-state index < -0.39 is 0 Å². The average Bonchev–Trinajstić information content (AvgIpc) is 2.40. The van der Waals surface area contributed by atoms with Gasteiger partial charge in [0.05, 0.1) is 6.20 Å². The minimum Gasteiger partial charge on any atom is -0.273 e. The number of H-pyrrole nitrogens is 1. The van der Waals surface area contributed by atoms with Crippen molar-refractivity contribution in [1.82, 2.24) is 20.2 Å². The highest BCUT2D eigenvalue weighted by Gasteiger charge is 1.94. The summed E-state index contributed by atoms with van der Waals surface area (Å²) < 4.78 is 0.495. The van der Waals surface area contributed by atoms with Crippen LogP contribution >= 0.6 is 12.2 Å². The van der Waals surface area contributed by atoms with Crippen molar-refractivity contribution in [2.45, 2.75) is 0 Å². The molecular weight excluding hydrogens is 160 g/mol. The number of rotatable bonds is 0. The Balaban J connectivity index is 3.09. The molecule has 2 rings (SSSR count). The molecule has 0 bridgehead atoms. The highest BCUT2D eigenvalue weighted by atomic mass is 32.1. The van der Waals surface area contributed by atoms with Gasteiger partial charge in [-0.25, -0.2) is 4.98 Å². The van der Waals surface area contributed by atoms with Crippen molar-refractivity contribution in [2.24, 2.45) is 0 Å². The molecule has 1 N–H and O–H groups in total. The summed E-state index contributed by atoms with van der Waals surface area (Å²) in [5, 5.41) is 6.52. The number of hydrogen-bond acceptors (Lipinski definition) is 4. The van der Waals surface area contributed by atoms with Crippen LogP contribution < -0.4 is 0 Å². The fraction of sp³-hybridized carbons (Fsp3) is 0. The van der Waals surface area contributed by atoms with Crippen LogP contribution in [0.25, 0.3) is 11.0 Å². The molecule has 0 fully saturated rings. The monoisotopic (exact) mass is 164 g/mol. The second-order valence-corrected chi connectivity index (χ2v) is 2.38. The lowest BCUT2D eigenvalue weighted by Gasteiger charge is -1.73. The van der Waals surface area contributed by atoms with Crippen molar-refractivity contribution in [3.63, 3.8) is 0 Å². The van der Waals surface area contributed by atoms with Crippen LogP contribution in [0.1, 0.15) is 0 Å². The summed E-state index contributed by atoms with van der Waals surface area (Å²) in [6, 6.07) is 0. The lowest BCUT2D eigenvalue weighted by molar-refractivity contribution is 1.11. The third-order valence-corrected chi connectivity index (χ3v) is 1.61. The van der Waals surface area contributed by atoms with Gasteiger partial charge < -0.3 is 0 Å². The Morgan fingerprint density at radius 1 is 1.27 bits per heavy atom. The number of hydrogen-bond donors (Lipinski definition) is 1. The predicted octanol–water partition coefficient (Wildman–Crippen LogP) is 1.08. The minimum absolute atomic E-state index is 0.495. The maximum Gasteiger partial charge on any atom is 0.153 e. The zero-order valence-corrected chi connectivity index (χ0v) is 6.30. The van der Waals surface area contributed by atoms with E-state index in [0.29, 0.717) is 10.2 Å². The van der Waals surface area contributed by atoms with E-state index in [2.05, 4.69) is 20.2 Å². The van der Waals surface area contributed by atoms with Crippen LogP contribution in [0.2, 0.25) is 0 Å². The third kappa shape index (κ3) is 0.988. The van der Waals surface area contributed by atoms with Crippen LogP contribution in [-0.2, 0) is 0 Å². The van der Waals surface area contributed by atoms with Gasteiger partial charge in [0, 0.05) is 12.4 Å². The molecule has 5 heteroatoms. The van der Waals surface area contributed by atoms with Gasteiger partial charge in [0.25, 0.3) is 0 Å². The largest absolute Gasteiger partial charge is 0.273 e. The normalized spacial score (nSPS) is 10.2. The summed E-state index contributed by atoms with van der Waals surface area (Å²) in [6.07, 6.45) is 4.77. The molecule has 0 spiro atoms. The molecule has 0 aliphatic rings. The second-order valence-electron chi connectivity index (χ2n) is 1.99. The molecule has 0 amide bonds. The fourth-order valence-electron chi connectivity index (χ4n) is 0.814. The SMILES string of the molecule is S=c1nccnc2cn[nH]c12. The second kappa shape index (κ2) is 2.35. The molecular formula is C6H4N4S. The van der Waals surface area contributed by atoms with Crippen molar-refractivity contribution in [1.29, 1.82) is 0 Å². The van der Waals surface area contributed by atoms with Crippen LogP contribution in [0.4, 0.5) is 0 Å². The molecule has 2 aromatic rings. The van der Waals surface area contributed by atoms with E-state index in [0.717, 1.165) is 5.52 Å². The van der Waals surface area contributed by atoms with Crippen molar-refractivity contribution >= 4 is 23.3 Å². The topological polar surface area (TPSA) is 54.5 Å². The first kappa shape index (κ1) is 6.36. The molecule has 0 saturated carbocycles. The highest BCUT2D eigenvalue weighted by Crippen LogP contribution is 2.03. The number of nitrogens with one attached hydrogen (secondary N) is 1. The molecule has 0 atom stereocenters. The van der Waals surface area contributed by atoms with Gasteiger partial charge in [-0.2, -0.15) is 5.10 Å². The summed E-state index contributed by atoms with van der Waals surface area (Å²) in [7, 11) is 0. The molecule has 54 valence electrons. The quantitative estimate of drug-likeness (QED) is 0.592. The molecule has 0 radical (unpaired) electrons. The van der Waals surface area contributed by atoms with Crippen LogP contribution in [0.3, 0.4) is 0 Å². The van der Waals surface area contributed by atoms with Crippen LogP contribution in [0.15, 0.2) is 18.6 Å². The van der Waals surface area contributed by atoms with Crippen molar-refractivity contribution in [3.8, 4) is 0 Å². The zero-order valence-electron chi connectivity index (χ0n) is 5.48.